The molecular weight excluding hydrogens is 244 g/mol. The van der Waals surface area contributed by atoms with Crippen LogP contribution in [0.15, 0.2) is 0 Å². The Hall–Kier alpha value is -0.0400. The molecule has 0 saturated carbocycles. The van der Waals surface area contributed by atoms with Gasteiger partial charge in [0.2, 0.25) is 0 Å². The van der Waals surface area contributed by atoms with Gasteiger partial charge in [0.05, 0.1) is 5.60 Å². The SMILES string of the molecule is CCCCCCCCCCCCCCC(C)C(C)(C)O. The lowest BCUT2D eigenvalue weighted by Gasteiger charge is -2.25. The van der Waals surface area contributed by atoms with Crippen LogP contribution in [0.4, 0.5) is 0 Å². The first-order chi connectivity index (χ1) is 9.48. The van der Waals surface area contributed by atoms with E-state index >= 15 is 0 Å². The Morgan fingerprint density at radius 3 is 1.40 bits per heavy atom. The molecule has 0 aliphatic rings. The van der Waals surface area contributed by atoms with Gasteiger partial charge in [-0.05, 0) is 26.2 Å². The molecule has 1 heteroatoms. The zero-order valence-electron chi connectivity index (χ0n) is 14.7. The summed E-state index contributed by atoms with van der Waals surface area (Å²) in [6, 6.07) is 0. The second-order valence-corrected chi connectivity index (χ2v) is 7.23. The van der Waals surface area contributed by atoms with Crippen LogP contribution in [0.1, 0.15) is 111 Å². The van der Waals surface area contributed by atoms with E-state index in [1.807, 2.05) is 13.8 Å². The van der Waals surface area contributed by atoms with Crippen molar-refractivity contribution < 1.29 is 5.11 Å². The van der Waals surface area contributed by atoms with Gasteiger partial charge in [-0.1, -0.05) is 90.9 Å². The first-order valence-corrected chi connectivity index (χ1v) is 9.20. The smallest absolute Gasteiger partial charge is 0.0617 e. The van der Waals surface area contributed by atoms with Crippen LogP contribution in [-0.2, 0) is 0 Å². The Bertz CT molecular complexity index is 192. The standard InChI is InChI=1S/C19H40O/c1-5-6-7-8-9-10-11-12-13-14-15-16-17-18(2)19(3,4)20/h18,20H,5-17H2,1-4H3. The number of aliphatic hydroxyl groups is 1. The zero-order valence-corrected chi connectivity index (χ0v) is 14.7. The van der Waals surface area contributed by atoms with Crippen molar-refractivity contribution in [2.45, 2.75) is 117 Å². The van der Waals surface area contributed by atoms with Gasteiger partial charge in [0.15, 0.2) is 0 Å². The van der Waals surface area contributed by atoms with Crippen molar-refractivity contribution in [1.29, 1.82) is 0 Å². The lowest BCUT2D eigenvalue weighted by molar-refractivity contribution is 0.0203. The van der Waals surface area contributed by atoms with E-state index in [1.165, 1.54) is 83.5 Å². The molecule has 20 heavy (non-hydrogen) atoms. The highest BCUT2D eigenvalue weighted by Crippen LogP contribution is 2.22. The van der Waals surface area contributed by atoms with Gasteiger partial charge >= 0.3 is 0 Å². The fraction of sp³-hybridized carbons (Fsp3) is 1.00. The van der Waals surface area contributed by atoms with Crippen LogP contribution in [0.3, 0.4) is 0 Å². The van der Waals surface area contributed by atoms with Crippen LogP contribution < -0.4 is 0 Å². The van der Waals surface area contributed by atoms with Crippen LogP contribution in [0, 0.1) is 5.92 Å². The summed E-state index contributed by atoms with van der Waals surface area (Å²) in [6.45, 7) is 8.30. The van der Waals surface area contributed by atoms with Gasteiger partial charge in [0.1, 0.15) is 0 Å². The third-order valence-corrected chi connectivity index (χ3v) is 4.70. The van der Waals surface area contributed by atoms with Gasteiger partial charge in [0, 0.05) is 0 Å². The van der Waals surface area contributed by atoms with Crippen LogP contribution in [0.2, 0.25) is 0 Å². The maximum absolute atomic E-state index is 9.86. The molecule has 0 saturated heterocycles. The van der Waals surface area contributed by atoms with Crippen molar-refractivity contribution in [3.05, 3.63) is 0 Å². The molecule has 0 bridgehead atoms. The molecule has 1 nitrogen and oxygen atoms in total. The molecule has 1 atom stereocenters. The van der Waals surface area contributed by atoms with Gasteiger partial charge in [-0.25, -0.2) is 0 Å². The molecule has 0 aliphatic heterocycles. The van der Waals surface area contributed by atoms with Crippen molar-refractivity contribution in [2.75, 3.05) is 0 Å². The number of hydrogen-bond acceptors (Lipinski definition) is 1. The predicted octanol–water partition coefficient (Wildman–Crippen LogP) is 6.48. The molecular formula is C19H40O. The summed E-state index contributed by atoms with van der Waals surface area (Å²) in [6.07, 6.45) is 18.0. The number of hydrogen-bond donors (Lipinski definition) is 1. The minimum absolute atomic E-state index is 0.422. The second-order valence-electron chi connectivity index (χ2n) is 7.23. The van der Waals surface area contributed by atoms with Crippen LogP contribution in [0.5, 0.6) is 0 Å². The van der Waals surface area contributed by atoms with Crippen LogP contribution in [-0.4, -0.2) is 10.7 Å². The summed E-state index contributed by atoms with van der Waals surface area (Å²) in [5.41, 5.74) is -0.502. The molecule has 0 fully saturated rings. The average Bonchev–Trinajstić information content (AvgIpc) is 2.38. The molecule has 0 heterocycles. The summed E-state index contributed by atoms with van der Waals surface area (Å²) in [5.74, 6) is 0.422. The van der Waals surface area contributed by atoms with E-state index in [0.29, 0.717) is 5.92 Å². The summed E-state index contributed by atoms with van der Waals surface area (Å²) in [7, 11) is 0. The monoisotopic (exact) mass is 284 g/mol. The van der Waals surface area contributed by atoms with Crippen LogP contribution in [0.25, 0.3) is 0 Å². The maximum Gasteiger partial charge on any atom is 0.0617 e. The van der Waals surface area contributed by atoms with E-state index < -0.39 is 5.60 Å². The molecule has 1 unspecified atom stereocenters. The highest BCUT2D eigenvalue weighted by atomic mass is 16.3. The second kappa shape index (κ2) is 12.7. The minimum atomic E-state index is -0.502. The van der Waals surface area contributed by atoms with Crippen molar-refractivity contribution in [3.63, 3.8) is 0 Å². The minimum Gasteiger partial charge on any atom is -0.390 e. The number of rotatable bonds is 14. The van der Waals surface area contributed by atoms with Crippen molar-refractivity contribution in [1.82, 2.24) is 0 Å². The molecule has 0 spiro atoms. The molecule has 0 rings (SSSR count). The predicted molar refractivity (Wildman–Crippen MR) is 91.2 cm³/mol. The molecule has 122 valence electrons. The quantitative estimate of drug-likeness (QED) is 0.362. The van der Waals surface area contributed by atoms with Crippen LogP contribution >= 0.6 is 0 Å². The summed E-state index contributed by atoms with van der Waals surface area (Å²) in [4.78, 5) is 0. The summed E-state index contributed by atoms with van der Waals surface area (Å²) < 4.78 is 0. The first-order valence-electron chi connectivity index (χ1n) is 9.20. The van der Waals surface area contributed by atoms with E-state index in [1.54, 1.807) is 0 Å². The molecule has 0 aliphatic carbocycles. The molecule has 0 aromatic carbocycles. The Kier molecular flexibility index (Phi) is 12.7. The van der Waals surface area contributed by atoms with Crippen molar-refractivity contribution in [2.24, 2.45) is 5.92 Å². The van der Waals surface area contributed by atoms with E-state index in [0.717, 1.165) is 0 Å². The first kappa shape index (κ1) is 20.0. The molecule has 0 aromatic rings. The molecule has 0 radical (unpaired) electrons. The van der Waals surface area contributed by atoms with Gasteiger partial charge < -0.3 is 5.11 Å². The molecule has 0 aromatic heterocycles. The summed E-state index contributed by atoms with van der Waals surface area (Å²) in [5, 5.41) is 9.86. The van der Waals surface area contributed by atoms with E-state index in [-0.39, 0.29) is 0 Å². The number of unbranched alkanes of at least 4 members (excludes halogenated alkanes) is 11. The lowest BCUT2D eigenvalue weighted by atomic mass is 9.88. The largest absolute Gasteiger partial charge is 0.390 e. The van der Waals surface area contributed by atoms with Crippen molar-refractivity contribution in [3.8, 4) is 0 Å². The van der Waals surface area contributed by atoms with Gasteiger partial charge in [-0.3, -0.25) is 0 Å². The third-order valence-electron chi connectivity index (χ3n) is 4.70. The lowest BCUT2D eigenvalue weighted by Crippen LogP contribution is -2.28. The van der Waals surface area contributed by atoms with E-state index in [4.69, 9.17) is 0 Å². The van der Waals surface area contributed by atoms with E-state index in [9.17, 15) is 5.11 Å². The highest BCUT2D eigenvalue weighted by molar-refractivity contribution is 4.73. The fourth-order valence-electron chi connectivity index (χ4n) is 2.64. The molecule has 0 amide bonds. The Morgan fingerprint density at radius 2 is 1.05 bits per heavy atom. The highest BCUT2D eigenvalue weighted by Gasteiger charge is 2.21. The van der Waals surface area contributed by atoms with Gasteiger partial charge in [0.25, 0.3) is 0 Å². The van der Waals surface area contributed by atoms with Gasteiger partial charge in [-0.2, -0.15) is 0 Å². The third kappa shape index (κ3) is 13.0. The normalized spacial score (nSPS) is 13.7. The average molecular weight is 285 g/mol. The zero-order chi connectivity index (χ0) is 15.3. The topological polar surface area (TPSA) is 20.2 Å². The van der Waals surface area contributed by atoms with E-state index in [2.05, 4.69) is 13.8 Å². The Morgan fingerprint density at radius 1 is 0.700 bits per heavy atom. The molecule has 1 N–H and O–H groups in total. The maximum atomic E-state index is 9.86. The Balaban J connectivity index is 3.14. The summed E-state index contributed by atoms with van der Waals surface area (Å²) >= 11 is 0. The van der Waals surface area contributed by atoms with Crippen molar-refractivity contribution >= 4 is 0 Å². The fourth-order valence-corrected chi connectivity index (χ4v) is 2.64. The van der Waals surface area contributed by atoms with Gasteiger partial charge in [-0.15, -0.1) is 0 Å². The Labute approximate surface area is 128 Å².